The molecule has 0 atom stereocenters. The van der Waals surface area contributed by atoms with Crippen LogP contribution in [0.1, 0.15) is 38.1 Å². The molecule has 1 aliphatic heterocycles. The van der Waals surface area contributed by atoms with Gasteiger partial charge in [-0.25, -0.2) is 0 Å². The average molecular weight is 354 g/mol. The number of hydrogen-bond donors (Lipinski definition) is 0. The summed E-state index contributed by atoms with van der Waals surface area (Å²) in [7, 11) is 0. The van der Waals surface area contributed by atoms with E-state index in [1.54, 1.807) is 6.08 Å². The zero-order chi connectivity index (χ0) is 18.7. The fraction of sp³-hybridized carbons (Fsp3) is 0.500. The van der Waals surface area contributed by atoms with Crippen molar-refractivity contribution in [2.24, 2.45) is 5.41 Å². The van der Waals surface area contributed by atoms with Crippen LogP contribution in [0.25, 0.3) is 10.9 Å². The molecule has 1 aromatic carbocycles. The van der Waals surface area contributed by atoms with Crippen LogP contribution in [0.5, 0.6) is 0 Å². The van der Waals surface area contributed by atoms with Crippen molar-refractivity contribution in [2.75, 3.05) is 32.8 Å². The second-order valence-electron chi connectivity index (χ2n) is 8.15. The molecule has 1 aliphatic rings. The summed E-state index contributed by atoms with van der Waals surface area (Å²) in [6.07, 6.45) is 3.83. The van der Waals surface area contributed by atoms with Crippen molar-refractivity contribution in [1.29, 1.82) is 0 Å². The molecule has 4 heteroatoms. The molecule has 3 rings (SSSR count). The van der Waals surface area contributed by atoms with Gasteiger partial charge in [0.2, 0.25) is 0 Å². The molecule has 0 saturated carbocycles. The number of benzene rings is 1. The minimum absolute atomic E-state index is 0.00433. The number of morpholine rings is 1. The van der Waals surface area contributed by atoms with Crippen LogP contribution in [0.2, 0.25) is 0 Å². The quantitative estimate of drug-likeness (QED) is 0.598. The molecule has 0 amide bonds. The number of aromatic nitrogens is 1. The Morgan fingerprint density at radius 1 is 1.15 bits per heavy atom. The number of carbonyl (C=O) groups is 1. The summed E-state index contributed by atoms with van der Waals surface area (Å²) in [4.78, 5) is 15.3. The van der Waals surface area contributed by atoms with Crippen molar-refractivity contribution in [3.05, 3.63) is 47.7 Å². The molecule has 2 aromatic rings. The number of fused-ring (bicyclic) bond motifs is 1. The number of para-hydroxylation sites is 1. The topological polar surface area (TPSA) is 34.5 Å². The van der Waals surface area contributed by atoms with Crippen LogP contribution in [0.15, 0.2) is 42.1 Å². The Hall–Kier alpha value is -1.91. The summed E-state index contributed by atoms with van der Waals surface area (Å²) in [5.41, 5.74) is 3.04. The highest BCUT2D eigenvalue weighted by Crippen LogP contribution is 2.27. The van der Waals surface area contributed by atoms with Gasteiger partial charge in [-0.15, -0.1) is 0 Å². The van der Waals surface area contributed by atoms with E-state index in [9.17, 15) is 4.79 Å². The summed E-state index contributed by atoms with van der Waals surface area (Å²) in [5, 5.41) is 1.04. The van der Waals surface area contributed by atoms with Gasteiger partial charge < -0.3 is 9.30 Å². The highest BCUT2D eigenvalue weighted by molar-refractivity contribution is 6.13. The van der Waals surface area contributed by atoms with Crippen LogP contribution in [0.4, 0.5) is 0 Å². The van der Waals surface area contributed by atoms with Crippen LogP contribution in [0.3, 0.4) is 0 Å². The predicted octanol–water partition coefficient (Wildman–Crippen LogP) is 4.15. The summed E-state index contributed by atoms with van der Waals surface area (Å²) < 4.78 is 7.64. The molecule has 1 saturated heterocycles. The van der Waals surface area contributed by atoms with Crippen LogP contribution < -0.4 is 0 Å². The lowest BCUT2D eigenvalue weighted by Crippen LogP contribution is -2.38. The molecule has 1 aromatic heterocycles. The number of carbonyl (C=O) groups excluding carboxylic acids is 1. The highest BCUT2D eigenvalue weighted by Gasteiger charge is 2.18. The fourth-order valence-electron chi connectivity index (χ4n) is 3.19. The number of ketones is 1. The lowest BCUT2D eigenvalue weighted by molar-refractivity contribution is 0.0365. The zero-order valence-corrected chi connectivity index (χ0v) is 16.4. The molecule has 1 fully saturated rings. The van der Waals surface area contributed by atoms with Gasteiger partial charge in [-0.1, -0.05) is 44.5 Å². The summed E-state index contributed by atoms with van der Waals surface area (Å²) in [6, 6.07) is 8.20. The van der Waals surface area contributed by atoms with Gasteiger partial charge in [0.05, 0.1) is 13.2 Å². The Balaban J connectivity index is 1.86. The van der Waals surface area contributed by atoms with Crippen molar-refractivity contribution in [1.82, 2.24) is 9.47 Å². The standard InChI is InChI=1S/C22H30N2O2/c1-17(22(2,3)4)15-21(25)19-16-24(20-8-6-5-7-18(19)20)10-9-23-11-13-26-14-12-23/h5-8,15-16H,9-14H2,1-4H3/b17-15+. The fourth-order valence-corrected chi connectivity index (χ4v) is 3.19. The summed E-state index contributed by atoms with van der Waals surface area (Å²) in [6.45, 7) is 13.9. The van der Waals surface area contributed by atoms with Gasteiger partial charge in [0.15, 0.2) is 5.78 Å². The first-order valence-corrected chi connectivity index (χ1v) is 9.47. The van der Waals surface area contributed by atoms with E-state index in [1.165, 1.54) is 0 Å². The van der Waals surface area contributed by atoms with Crippen LogP contribution in [0, 0.1) is 5.41 Å². The maximum Gasteiger partial charge on any atom is 0.187 e. The second-order valence-corrected chi connectivity index (χ2v) is 8.15. The van der Waals surface area contributed by atoms with Crippen molar-refractivity contribution < 1.29 is 9.53 Å². The Labute approximate surface area is 156 Å². The molecule has 0 unspecified atom stereocenters. The molecule has 0 radical (unpaired) electrons. The van der Waals surface area contributed by atoms with E-state index in [0.29, 0.717) is 0 Å². The lowest BCUT2D eigenvalue weighted by atomic mass is 9.86. The molecule has 2 heterocycles. The number of allylic oxidation sites excluding steroid dienone is 2. The first-order valence-electron chi connectivity index (χ1n) is 9.47. The maximum absolute atomic E-state index is 12.9. The van der Waals surface area contributed by atoms with Crippen LogP contribution in [-0.2, 0) is 11.3 Å². The Kier molecular flexibility index (Phi) is 5.64. The molecular weight excluding hydrogens is 324 g/mol. The van der Waals surface area contributed by atoms with Crippen molar-refractivity contribution in [3.8, 4) is 0 Å². The maximum atomic E-state index is 12.9. The van der Waals surface area contributed by atoms with Crippen molar-refractivity contribution in [3.63, 3.8) is 0 Å². The van der Waals surface area contributed by atoms with Gasteiger partial charge in [-0.05, 0) is 24.5 Å². The monoisotopic (exact) mass is 354 g/mol. The molecule has 4 nitrogen and oxygen atoms in total. The predicted molar refractivity (Wildman–Crippen MR) is 107 cm³/mol. The Morgan fingerprint density at radius 3 is 2.54 bits per heavy atom. The van der Waals surface area contributed by atoms with E-state index in [4.69, 9.17) is 4.74 Å². The van der Waals surface area contributed by atoms with E-state index in [-0.39, 0.29) is 11.2 Å². The third-order valence-corrected chi connectivity index (χ3v) is 5.35. The largest absolute Gasteiger partial charge is 0.379 e. The normalized spacial score (nSPS) is 17.0. The first-order chi connectivity index (χ1) is 12.4. The van der Waals surface area contributed by atoms with Gasteiger partial charge in [0.1, 0.15) is 0 Å². The molecule has 0 spiro atoms. The van der Waals surface area contributed by atoms with Gasteiger partial charge >= 0.3 is 0 Å². The Bertz CT molecular complexity index is 805. The van der Waals surface area contributed by atoms with Gasteiger partial charge in [0.25, 0.3) is 0 Å². The number of ether oxygens (including phenoxy) is 1. The average Bonchev–Trinajstić information content (AvgIpc) is 2.99. The van der Waals surface area contributed by atoms with Crippen molar-refractivity contribution >= 4 is 16.7 Å². The highest BCUT2D eigenvalue weighted by atomic mass is 16.5. The van der Waals surface area contributed by atoms with Crippen molar-refractivity contribution in [2.45, 2.75) is 34.2 Å². The lowest BCUT2D eigenvalue weighted by Gasteiger charge is -2.26. The van der Waals surface area contributed by atoms with Gasteiger partial charge in [-0.3, -0.25) is 9.69 Å². The Morgan fingerprint density at radius 2 is 1.85 bits per heavy atom. The third kappa shape index (κ3) is 4.25. The zero-order valence-electron chi connectivity index (χ0n) is 16.4. The molecule has 26 heavy (non-hydrogen) atoms. The minimum Gasteiger partial charge on any atom is -0.379 e. The third-order valence-electron chi connectivity index (χ3n) is 5.35. The molecule has 140 valence electrons. The number of hydrogen-bond acceptors (Lipinski definition) is 3. The summed E-state index contributed by atoms with van der Waals surface area (Å²) >= 11 is 0. The molecular formula is C22H30N2O2. The van der Waals surface area contributed by atoms with Crippen LogP contribution >= 0.6 is 0 Å². The van der Waals surface area contributed by atoms with Gasteiger partial charge in [-0.2, -0.15) is 0 Å². The van der Waals surface area contributed by atoms with E-state index < -0.39 is 0 Å². The van der Waals surface area contributed by atoms with E-state index >= 15 is 0 Å². The van der Waals surface area contributed by atoms with E-state index in [1.807, 2.05) is 31.3 Å². The van der Waals surface area contributed by atoms with Crippen LogP contribution in [-0.4, -0.2) is 48.1 Å². The molecule has 0 bridgehead atoms. The van der Waals surface area contributed by atoms with E-state index in [0.717, 1.165) is 61.4 Å². The number of rotatable bonds is 5. The van der Waals surface area contributed by atoms with E-state index in [2.05, 4.69) is 36.3 Å². The summed E-state index contributed by atoms with van der Waals surface area (Å²) in [5.74, 6) is 0.0961. The second kappa shape index (κ2) is 7.77. The SMILES string of the molecule is C/C(=C\C(=O)c1cn(CCN2CCOCC2)c2ccccc12)C(C)(C)C. The minimum atomic E-state index is 0.00433. The molecule has 0 aliphatic carbocycles. The number of nitrogens with zero attached hydrogens (tertiary/aromatic N) is 2. The van der Waals surface area contributed by atoms with Gasteiger partial charge in [0, 0.05) is 48.8 Å². The first kappa shape index (κ1) is 18.9. The smallest absolute Gasteiger partial charge is 0.187 e. The molecule has 0 N–H and O–H groups in total.